The zero-order valence-electron chi connectivity index (χ0n) is 11.5. The number of carbonyl (C=O) groups is 2. The number of para-hydroxylation sites is 1. The van der Waals surface area contributed by atoms with Crippen LogP contribution in [0.1, 0.15) is 5.56 Å². The van der Waals surface area contributed by atoms with E-state index in [0.717, 1.165) is 11.3 Å². The zero-order chi connectivity index (χ0) is 14.8. The van der Waals surface area contributed by atoms with E-state index in [9.17, 15) is 14.7 Å². The molecule has 1 spiro atoms. The Morgan fingerprint density at radius 1 is 1.43 bits per heavy atom. The molecule has 108 valence electrons. The summed E-state index contributed by atoms with van der Waals surface area (Å²) in [5.74, 6) is -2.51. The second kappa shape index (κ2) is 3.95. The number of aliphatic carboxylic acids is 1. The SMILES string of the molecule is Cc1ccccc1N1C[C@@]23C=C[C@@H](O2)[C@H](C(=O)O)[C@H]3C1=O. The summed E-state index contributed by atoms with van der Waals surface area (Å²) in [7, 11) is 0. The van der Waals surface area contributed by atoms with Crippen LogP contribution in [0.2, 0.25) is 0 Å². The van der Waals surface area contributed by atoms with Crippen molar-refractivity contribution in [1.29, 1.82) is 0 Å². The van der Waals surface area contributed by atoms with Crippen LogP contribution in [0.3, 0.4) is 0 Å². The van der Waals surface area contributed by atoms with Gasteiger partial charge in [0.25, 0.3) is 0 Å². The molecule has 2 bridgehead atoms. The number of benzene rings is 1. The number of nitrogens with zero attached hydrogens (tertiary/aromatic N) is 1. The van der Waals surface area contributed by atoms with Gasteiger partial charge in [0.2, 0.25) is 5.91 Å². The van der Waals surface area contributed by atoms with E-state index in [1.54, 1.807) is 11.0 Å². The molecule has 1 amide bonds. The molecular formula is C16H15NO4. The van der Waals surface area contributed by atoms with Gasteiger partial charge in [-0.1, -0.05) is 30.4 Å². The Morgan fingerprint density at radius 3 is 2.90 bits per heavy atom. The lowest BCUT2D eigenvalue weighted by molar-refractivity contribution is -0.146. The van der Waals surface area contributed by atoms with Crippen molar-refractivity contribution in [2.24, 2.45) is 11.8 Å². The number of amides is 1. The van der Waals surface area contributed by atoms with E-state index < -0.39 is 29.5 Å². The lowest BCUT2D eigenvalue weighted by Crippen LogP contribution is -2.39. The van der Waals surface area contributed by atoms with Crippen LogP contribution in [0.15, 0.2) is 36.4 Å². The molecule has 1 aromatic rings. The number of hydrogen-bond donors (Lipinski definition) is 1. The highest BCUT2D eigenvalue weighted by atomic mass is 16.5. The first kappa shape index (κ1) is 12.6. The number of fused-ring (bicyclic) bond motifs is 1. The van der Waals surface area contributed by atoms with Crippen molar-refractivity contribution in [3.63, 3.8) is 0 Å². The average molecular weight is 285 g/mol. The molecule has 0 saturated carbocycles. The van der Waals surface area contributed by atoms with Gasteiger partial charge in [-0.2, -0.15) is 0 Å². The summed E-state index contributed by atoms with van der Waals surface area (Å²) in [6, 6.07) is 7.62. The third kappa shape index (κ3) is 1.49. The fourth-order valence-corrected chi connectivity index (χ4v) is 3.85. The number of hydrogen-bond acceptors (Lipinski definition) is 3. The smallest absolute Gasteiger partial charge is 0.310 e. The fourth-order valence-electron chi connectivity index (χ4n) is 3.85. The van der Waals surface area contributed by atoms with E-state index in [2.05, 4.69) is 0 Å². The molecular weight excluding hydrogens is 270 g/mol. The number of aryl methyl sites for hydroxylation is 1. The largest absolute Gasteiger partial charge is 0.481 e. The molecule has 5 heteroatoms. The second-order valence-electron chi connectivity index (χ2n) is 5.95. The zero-order valence-corrected chi connectivity index (χ0v) is 11.5. The quantitative estimate of drug-likeness (QED) is 0.833. The monoisotopic (exact) mass is 285 g/mol. The maximum Gasteiger partial charge on any atom is 0.310 e. The van der Waals surface area contributed by atoms with Gasteiger partial charge in [-0.3, -0.25) is 9.59 Å². The molecule has 3 aliphatic heterocycles. The Bertz CT molecular complexity index is 683. The average Bonchev–Trinajstić information content (AvgIpc) is 3.08. The van der Waals surface area contributed by atoms with E-state index >= 15 is 0 Å². The van der Waals surface area contributed by atoms with Crippen LogP contribution in [0, 0.1) is 18.8 Å². The lowest BCUT2D eigenvalue weighted by atomic mass is 9.77. The summed E-state index contributed by atoms with van der Waals surface area (Å²) < 4.78 is 5.87. The first-order valence-corrected chi connectivity index (χ1v) is 7.00. The van der Waals surface area contributed by atoms with Gasteiger partial charge in [0.1, 0.15) is 11.5 Å². The maximum absolute atomic E-state index is 12.8. The number of carbonyl (C=O) groups excluding carboxylic acids is 1. The van der Waals surface area contributed by atoms with Gasteiger partial charge in [-0.15, -0.1) is 0 Å². The summed E-state index contributed by atoms with van der Waals surface area (Å²) in [5, 5.41) is 9.42. The molecule has 2 saturated heterocycles. The summed E-state index contributed by atoms with van der Waals surface area (Å²) in [4.78, 5) is 26.0. The predicted octanol–water partition coefficient (Wildman–Crippen LogP) is 1.37. The van der Waals surface area contributed by atoms with Crippen molar-refractivity contribution in [3.05, 3.63) is 42.0 Å². The summed E-state index contributed by atoms with van der Waals surface area (Å²) in [6.07, 6.45) is 3.18. The second-order valence-corrected chi connectivity index (χ2v) is 5.95. The lowest BCUT2D eigenvalue weighted by Gasteiger charge is -2.22. The number of carboxylic acids is 1. The maximum atomic E-state index is 12.8. The molecule has 0 unspecified atom stereocenters. The Morgan fingerprint density at radius 2 is 2.19 bits per heavy atom. The molecule has 3 aliphatic rings. The highest BCUT2D eigenvalue weighted by Gasteiger charge is 2.67. The molecule has 0 radical (unpaired) electrons. The van der Waals surface area contributed by atoms with Gasteiger partial charge in [0.15, 0.2) is 0 Å². The van der Waals surface area contributed by atoms with Gasteiger partial charge in [0, 0.05) is 5.69 Å². The standard InChI is InChI=1S/C16H15NO4/c1-9-4-2-3-5-10(9)17-8-16-7-6-11(21-16)12(15(19)20)13(16)14(17)18/h2-7,11-13H,8H2,1H3,(H,19,20)/t11-,12+,13+,16-/m1/s1. The molecule has 3 heterocycles. The predicted molar refractivity (Wildman–Crippen MR) is 74.9 cm³/mol. The van der Waals surface area contributed by atoms with Crippen LogP contribution in [0.5, 0.6) is 0 Å². The number of anilines is 1. The van der Waals surface area contributed by atoms with Crippen LogP contribution in [0.4, 0.5) is 5.69 Å². The van der Waals surface area contributed by atoms with Crippen molar-refractivity contribution in [3.8, 4) is 0 Å². The van der Waals surface area contributed by atoms with Crippen LogP contribution < -0.4 is 4.90 Å². The highest BCUT2D eigenvalue weighted by Crippen LogP contribution is 2.52. The first-order valence-electron chi connectivity index (χ1n) is 7.00. The molecule has 1 N–H and O–H groups in total. The highest BCUT2D eigenvalue weighted by molar-refractivity contribution is 6.02. The Balaban J connectivity index is 1.78. The van der Waals surface area contributed by atoms with Crippen molar-refractivity contribution in [2.75, 3.05) is 11.4 Å². The molecule has 2 fully saturated rings. The molecule has 1 aromatic carbocycles. The van der Waals surface area contributed by atoms with Crippen LogP contribution in [-0.4, -0.2) is 35.2 Å². The first-order chi connectivity index (χ1) is 10.0. The van der Waals surface area contributed by atoms with E-state index in [0.29, 0.717) is 6.54 Å². The third-order valence-electron chi connectivity index (χ3n) is 4.79. The molecule has 4 atom stereocenters. The van der Waals surface area contributed by atoms with Crippen LogP contribution in [-0.2, 0) is 14.3 Å². The van der Waals surface area contributed by atoms with Crippen molar-refractivity contribution < 1.29 is 19.4 Å². The Labute approximate surface area is 121 Å². The molecule has 21 heavy (non-hydrogen) atoms. The molecule has 5 nitrogen and oxygen atoms in total. The molecule has 0 aromatic heterocycles. The van der Waals surface area contributed by atoms with Crippen LogP contribution >= 0.6 is 0 Å². The van der Waals surface area contributed by atoms with E-state index in [1.807, 2.05) is 37.3 Å². The van der Waals surface area contributed by atoms with Gasteiger partial charge in [-0.05, 0) is 18.6 Å². The fraction of sp³-hybridized carbons (Fsp3) is 0.375. The number of rotatable bonds is 2. The summed E-state index contributed by atoms with van der Waals surface area (Å²) in [6.45, 7) is 2.33. The van der Waals surface area contributed by atoms with E-state index in [-0.39, 0.29) is 5.91 Å². The number of ether oxygens (including phenoxy) is 1. The molecule has 4 rings (SSSR count). The normalized spacial score (nSPS) is 36.3. The van der Waals surface area contributed by atoms with Gasteiger partial charge >= 0.3 is 5.97 Å². The number of carboxylic acid groups (broad SMARTS) is 1. The topological polar surface area (TPSA) is 66.8 Å². The Hall–Kier alpha value is -2.14. The summed E-state index contributed by atoms with van der Waals surface area (Å²) in [5.41, 5.74) is 1.05. The van der Waals surface area contributed by atoms with Gasteiger partial charge < -0.3 is 14.7 Å². The Kier molecular flexibility index (Phi) is 2.37. The van der Waals surface area contributed by atoms with E-state index in [1.165, 1.54) is 0 Å². The van der Waals surface area contributed by atoms with Gasteiger partial charge in [0.05, 0.1) is 18.6 Å². The third-order valence-corrected chi connectivity index (χ3v) is 4.79. The minimum atomic E-state index is -0.962. The van der Waals surface area contributed by atoms with E-state index in [4.69, 9.17) is 4.74 Å². The van der Waals surface area contributed by atoms with Gasteiger partial charge in [-0.25, -0.2) is 0 Å². The summed E-state index contributed by atoms with van der Waals surface area (Å²) >= 11 is 0. The van der Waals surface area contributed by atoms with Crippen molar-refractivity contribution in [1.82, 2.24) is 0 Å². The van der Waals surface area contributed by atoms with Crippen molar-refractivity contribution >= 4 is 17.6 Å². The molecule has 0 aliphatic carbocycles. The minimum Gasteiger partial charge on any atom is -0.481 e. The van der Waals surface area contributed by atoms with Crippen molar-refractivity contribution in [2.45, 2.75) is 18.6 Å². The van der Waals surface area contributed by atoms with Crippen LogP contribution in [0.25, 0.3) is 0 Å². The minimum absolute atomic E-state index is 0.149.